The molecule has 92 valence electrons. The van der Waals surface area contributed by atoms with E-state index in [1.807, 2.05) is 0 Å². The predicted octanol–water partition coefficient (Wildman–Crippen LogP) is 0.982. The fourth-order valence-electron chi connectivity index (χ4n) is 1.41. The maximum Gasteiger partial charge on any atom is 0.272 e. The van der Waals surface area contributed by atoms with E-state index in [4.69, 9.17) is 5.73 Å². The molecule has 0 aromatic heterocycles. The summed E-state index contributed by atoms with van der Waals surface area (Å²) < 4.78 is 0. The summed E-state index contributed by atoms with van der Waals surface area (Å²) in [5.41, 5.74) is 6.22. The SMILES string of the molecule is Cc1cc(C(=O)NCCCN)ccc1[N+](=O)[O-]. The first-order chi connectivity index (χ1) is 8.06. The highest BCUT2D eigenvalue weighted by atomic mass is 16.6. The summed E-state index contributed by atoms with van der Waals surface area (Å²) in [6.45, 7) is 2.62. The molecule has 0 fully saturated rings. The average molecular weight is 237 g/mol. The molecule has 6 nitrogen and oxygen atoms in total. The molecular formula is C11H15N3O3. The van der Waals surface area contributed by atoms with Gasteiger partial charge in [0.25, 0.3) is 11.6 Å². The Hall–Kier alpha value is -1.95. The number of benzene rings is 1. The van der Waals surface area contributed by atoms with Crippen LogP contribution in [0.15, 0.2) is 18.2 Å². The Morgan fingerprint density at radius 2 is 2.24 bits per heavy atom. The lowest BCUT2D eigenvalue weighted by Crippen LogP contribution is -2.26. The monoisotopic (exact) mass is 237 g/mol. The summed E-state index contributed by atoms with van der Waals surface area (Å²) in [4.78, 5) is 21.8. The van der Waals surface area contributed by atoms with Crippen LogP contribution in [0.5, 0.6) is 0 Å². The van der Waals surface area contributed by atoms with Gasteiger partial charge < -0.3 is 11.1 Å². The standard InChI is InChI=1S/C11H15N3O3/c1-8-7-9(3-4-10(8)14(16)17)11(15)13-6-2-5-12/h3-4,7H,2,5-6,12H2,1H3,(H,13,15). The highest BCUT2D eigenvalue weighted by molar-refractivity contribution is 5.94. The molecule has 0 unspecified atom stereocenters. The molecule has 0 aliphatic carbocycles. The summed E-state index contributed by atoms with van der Waals surface area (Å²) in [5.74, 6) is -0.239. The van der Waals surface area contributed by atoms with Gasteiger partial charge >= 0.3 is 0 Å². The van der Waals surface area contributed by atoms with Gasteiger partial charge in [0.05, 0.1) is 4.92 Å². The van der Waals surface area contributed by atoms with E-state index in [0.29, 0.717) is 30.6 Å². The number of nitro benzene ring substituents is 1. The fourth-order valence-corrected chi connectivity index (χ4v) is 1.41. The summed E-state index contributed by atoms with van der Waals surface area (Å²) in [6.07, 6.45) is 0.706. The lowest BCUT2D eigenvalue weighted by Gasteiger charge is -2.05. The smallest absolute Gasteiger partial charge is 0.272 e. The van der Waals surface area contributed by atoms with Crippen LogP contribution in [0.4, 0.5) is 5.69 Å². The lowest BCUT2D eigenvalue weighted by molar-refractivity contribution is -0.385. The summed E-state index contributed by atoms with van der Waals surface area (Å²) >= 11 is 0. The quantitative estimate of drug-likeness (QED) is 0.453. The number of amides is 1. The van der Waals surface area contributed by atoms with Crippen LogP contribution < -0.4 is 11.1 Å². The lowest BCUT2D eigenvalue weighted by atomic mass is 10.1. The molecule has 0 spiro atoms. The number of nitro groups is 1. The highest BCUT2D eigenvalue weighted by Gasteiger charge is 2.13. The number of nitrogens with one attached hydrogen (secondary N) is 1. The zero-order chi connectivity index (χ0) is 12.8. The van der Waals surface area contributed by atoms with E-state index in [1.165, 1.54) is 18.2 Å². The Bertz CT molecular complexity index is 432. The summed E-state index contributed by atoms with van der Waals surface area (Å²) in [6, 6.07) is 4.30. The second kappa shape index (κ2) is 5.95. The van der Waals surface area contributed by atoms with E-state index in [0.717, 1.165) is 0 Å². The third-order valence-electron chi connectivity index (χ3n) is 2.32. The Morgan fingerprint density at radius 3 is 2.76 bits per heavy atom. The van der Waals surface area contributed by atoms with Crippen molar-refractivity contribution in [3.63, 3.8) is 0 Å². The van der Waals surface area contributed by atoms with Gasteiger partial charge in [0.1, 0.15) is 0 Å². The molecule has 0 atom stereocenters. The first kappa shape index (κ1) is 13.1. The molecule has 0 saturated heterocycles. The number of rotatable bonds is 5. The second-order valence-electron chi connectivity index (χ2n) is 3.66. The van der Waals surface area contributed by atoms with Gasteiger partial charge in [0.15, 0.2) is 0 Å². The van der Waals surface area contributed by atoms with Crippen LogP contribution in [0.3, 0.4) is 0 Å². The summed E-state index contributed by atoms with van der Waals surface area (Å²) in [5, 5.41) is 13.3. The minimum absolute atomic E-state index is 0.0171. The maximum atomic E-state index is 11.6. The van der Waals surface area contributed by atoms with Crippen molar-refractivity contribution in [2.45, 2.75) is 13.3 Å². The molecule has 0 saturated carbocycles. The Balaban J connectivity index is 2.76. The molecule has 0 radical (unpaired) electrons. The van der Waals surface area contributed by atoms with Gasteiger partial charge in [-0.25, -0.2) is 0 Å². The number of carbonyl (C=O) groups excluding carboxylic acids is 1. The third kappa shape index (κ3) is 3.53. The van der Waals surface area contributed by atoms with Crippen LogP contribution in [-0.2, 0) is 0 Å². The van der Waals surface area contributed by atoms with Crippen LogP contribution in [0.1, 0.15) is 22.3 Å². The van der Waals surface area contributed by atoms with Gasteiger partial charge in [0, 0.05) is 23.7 Å². The number of hydrogen-bond donors (Lipinski definition) is 2. The van der Waals surface area contributed by atoms with Crippen LogP contribution in [-0.4, -0.2) is 23.9 Å². The minimum Gasteiger partial charge on any atom is -0.352 e. The number of nitrogens with two attached hydrogens (primary N) is 1. The number of aryl methyl sites for hydroxylation is 1. The zero-order valence-corrected chi connectivity index (χ0v) is 9.60. The molecule has 1 rings (SSSR count). The molecular weight excluding hydrogens is 222 g/mol. The van der Waals surface area contributed by atoms with E-state index in [9.17, 15) is 14.9 Å². The second-order valence-corrected chi connectivity index (χ2v) is 3.66. The first-order valence-electron chi connectivity index (χ1n) is 5.29. The minimum atomic E-state index is -0.467. The van der Waals surface area contributed by atoms with Gasteiger partial charge in [-0.2, -0.15) is 0 Å². The van der Waals surface area contributed by atoms with Gasteiger partial charge in [0.2, 0.25) is 0 Å². The van der Waals surface area contributed by atoms with Crippen molar-refractivity contribution in [3.8, 4) is 0 Å². The van der Waals surface area contributed by atoms with E-state index in [1.54, 1.807) is 6.92 Å². The van der Waals surface area contributed by atoms with E-state index >= 15 is 0 Å². The first-order valence-corrected chi connectivity index (χ1v) is 5.29. The highest BCUT2D eigenvalue weighted by Crippen LogP contribution is 2.18. The molecule has 0 aliphatic heterocycles. The zero-order valence-electron chi connectivity index (χ0n) is 9.60. The van der Waals surface area contributed by atoms with Crippen LogP contribution >= 0.6 is 0 Å². The maximum absolute atomic E-state index is 11.6. The van der Waals surface area contributed by atoms with Crippen molar-refractivity contribution in [2.24, 2.45) is 5.73 Å². The molecule has 0 bridgehead atoms. The third-order valence-corrected chi connectivity index (χ3v) is 2.32. The normalized spacial score (nSPS) is 10.0. The van der Waals surface area contributed by atoms with Gasteiger partial charge in [-0.15, -0.1) is 0 Å². The number of nitrogens with zero attached hydrogens (tertiary/aromatic N) is 1. The van der Waals surface area contributed by atoms with Crippen LogP contribution in [0.2, 0.25) is 0 Å². The Morgan fingerprint density at radius 1 is 1.53 bits per heavy atom. The number of carbonyl (C=O) groups is 1. The van der Waals surface area contributed by atoms with Crippen molar-refractivity contribution in [1.82, 2.24) is 5.32 Å². The molecule has 0 aliphatic rings. The van der Waals surface area contributed by atoms with Gasteiger partial charge in [-0.1, -0.05) is 0 Å². The molecule has 3 N–H and O–H groups in total. The summed E-state index contributed by atoms with van der Waals surface area (Å²) in [7, 11) is 0. The molecule has 1 aromatic rings. The Labute approximate surface area is 99.0 Å². The van der Waals surface area contributed by atoms with Crippen LogP contribution in [0.25, 0.3) is 0 Å². The molecule has 17 heavy (non-hydrogen) atoms. The number of hydrogen-bond acceptors (Lipinski definition) is 4. The van der Waals surface area contributed by atoms with Crippen molar-refractivity contribution < 1.29 is 9.72 Å². The fraction of sp³-hybridized carbons (Fsp3) is 0.364. The van der Waals surface area contributed by atoms with Crippen molar-refractivity contribution in [1.29, 1.82) is 0 Å². The largest absolute Gasteiger partial charge is 0.352 e. The van der Waals surface area contributed by atoms with Crippen molar-refractivity contribution >= 4 is 11.6 Å². The van der Waals surface area contributed by atoms with Crippen molar-refractivity contribution in [2.75, 3.05) is 13.1 Å². The van der Waals surface area contributed by atoms with Gasteiger partial charge in [-0.3, -0.25) is 14.9 Å². The Kier molecular flexibility index (Phi) is 4.59. The molecule has 6 heteroatoms. The van der Waals surface area contributed by atoms with E-state index in [2.05, 4.69) is 5.32 Å². The van der Waals surface area contributed by atoms with Gasteiger partial charge in [-0.05, 0) is 32.0 Å². The predicted molar refractivity (Wildman–Crippen MR) is 63.8 cm³/mol. The van der Waals surface area contributed by atoms with Crippen LogP contribution in [0, 0.1) is 17.0 Å². The van der Waals surface area contributed by atoms with E-state index in [-0.39, 0.29) is 11.6 Å². The van der Waals surface area contributed by atoms with Crippen molar-refractivity contribution in [3.05, 3.63) is 39.4 Å². The molecule has 1 amide bonds. The molecule has 0 heterocycles. The average Bonchev–Trinajstić information content (AvgIpc) is 2.28. The van der Waals surface area contributed by atoms with E-state index < -0.39 is 4.92 Å². The molecule has 1 aromatic carbocycles. The topological polar surface area (TPSA) is 98.3 Å².